The van der Waals surface area contributed by atoms with Gasteiger partial charge in [0.1, 0.15) is 11.5 Å². The Morgan fingerprint density at radius 2 is 2.00 bits per heavy atom. The highest BCUT2D eigenvalue weighted by Crippen LogP contribution is 2.51. The summed E-state index contributed by atoms with van der Waals surface area (Å²) in [6, 6.07) is 9.48. The van der Waals surface area contributed by atoms with Crippen LogP contribution in [-0.2, 0) is 4.79 Å². The van der Waals surface area contributed by atoms with E-state index in [9.17, 15) is 22.8 Å². The second-order valence-electron chi connectivity index (χ2n) is 7.79. The number of rotatable bonds is 3. The molecule has 1 aromatic carbocycles. The maximum atomic E-state index is 14.6. The molecule has 29 heavy (non-hydrogen) atoms. The van der Waals surface area contributed by atoms with E-state index in [4.69, 9.17) is 0 Å². The van der Waals surface area contributed by atoms with Gasteiger partial charge in [-0.25, -0.2) is 13.2 Å². The van der Waals surface area contributed by atoms with Gasteiger partial charge in [-0.2, -0.15) is 0 Å². The number of aromatic nitrogens is 1. The molecule has 2 atom stereocenters. The predicted molar refractivity (Wildman–Crippen MR) is 100 cm³/mol. The number of anilines is 1. The van der Waals surface area contributed by atoms with Crippen molar-refractivity contribution in [3.8, 4) is 0 Å². The average molecular weight is 403 g/mol. The van der Waals surface area contributed by atoms with Crippen LogP contribution in [0.2, 0.25) is 0 Å². The third-order valence-corrected chi connectivity index (χ3v) is 5.64. The number of carbonyl (C=O) groups excluding carboxylic acids is 2. The van der Waals surface area contributed by atoms with Crippen LogP contribution < -0.4 is 10.2 Å². The molecule has 2 aliphatic rings. The van der Waals surface area contributed by atoms with Gasteiger partial charge in [0.05, 0.1) is 5.41 Å². The van der Waals surface area contributed by atoms with E-state index in [1.807, 2.05) is 0 Å². The normalized spacial score (nSPS) is 26.0. The number of pyridine rings is 1. The van der Waals surface area contributed by atoms with Gasteiger partial charge in [-0.15, -0.1) is 0 Å². The minimum absolute atomic E-state index is 0.117. The predicted octanol–water partition coefficient (Wildman–Crippen LogP) is 3.56. The molecular weight excluding hydrogens is 383 g/mol. The molecular formula is C21H20F3N3O2. The number of benzene rings is 1. The Hall–Kier alpha value is -2.90. The first-order chi connectivity index (χ1) is 13.8. The molecule has 2 fully saturated rings. The monoisotopic (exact) mass is 403 g/mol. The summed E-state index contributed by atoms with van der Waals surface area (Å²) in [5.41, 5.74) is -0.791. The van der Waals surface area contributed by atoms with Gasteiger partial charge in [0.15, 0.2) is 0 Å². The Bertz CT molecular complexity index is 938. The van der Waals surface area contributed by atoms with Crippen LogP contribution >= 0.6 is 0 Å². The average Bonchev–Trinajstić information content (AvgIpc) is 2.96. The fourth-order valence-electron chi connectivity index (χ4n) is 4.47. The van der Waals surface area contributed by atoms with Gasteiger partial charge in [-0.3, -0.25) is 14.6 Å². The SMILES string of the molecule is O=C(N[C@@H]1CC(F)(F)C[C@@]2(CCN(c3cccc(F)c3)C2=O)C1)c1ccccn1. The standard InChI is InChI=1S/C21H20F3N3O2/c22-14-4-3-5-16(10-14)27-9-7-20(19(27)29)11-15(12-21(23,24)13-20)26-18(28)17-6-1-2-8-25-17/h1-6,8,10,15H,7,9,11-13H2,(H,26,28)/t15-,20+/m0/s1. The van der Waals surface area contributed by atoms with Crippen LogP contribution in [0.25, 0.3) is 0 Å². The van der Waals surface area contributed by atoms with Crippen molar-refractivity contribution in [1.82, 2.24) is 10.3 Å². The van der Waals surface area contributed by atoms with E-state index in [0.717, 1.165) is 0 Å². The van der Waals surface area contributed by atoms with Crippen LogP contribution in [0.5, 0.6) is 0 Å². The van der Waals surface area contributed by atoms with E-state index in [1.165, 1.54) is 35.4 Å². The fraction of sp³-hybridized carbons (Fsp3) is 0.381. The number of amides is 2. The molecule has 0 bridgehead atoms. The molecule has 4 rings (SSSR count). The Morgan fingerprint density at radius 1 is 1.17 bits per heavy atom. The zero-order valence-electron chi connectivity index (χ0n) is 15.6. The summed E-state index contributed by atoms with van der Waals surface area (Å²) in [6.07, 6.45) is 0.699. The van der Waals surface area contributed by atoms with E-state index in [-0.39, 0.29) is 25.1 Å². The summed E-state index contributed by atoms with van der Waals surface area (Å²) in [5.74, 6) is -4.57. The molecule has 0 radical (unpaired) electrons. The summed E-state index contributed by atoms with van der Waals surface area (Å²) in [6.45, 7) is 0.235. The molecule has 1 saturated heterocycles. The molecule has 1 aromatic heterocycles. The van der Waals surface area contributed by atoms with E-state index in [0.29, 0.717) is 5.69 Å². The second kappa shape index (κ2) is 7.17. The number of halogens is 3. The van der Waals surface area contributed by atoms with Crippen molar-refractivity contribution in [2.75, 3.05) is 11.4 Å². The summed E-state index contributed by atoms with van der Waals surface area (Å²) >= 11 is 0. The number of hydrogen-bond acceptors (Lipinski definition) is 3. The first kappa shape index (κ1) is 19.4. The molecule has 1 aliphatic heterocycles. The van der Waals surface area contributed by atoms with Gasteiger partial charge in [-0.05, 0) is 43.2 Å². The Kier molecular flexibility index (Phi) is 4.80. The quantitative estimate of drug-likeness (QED) is 0.853. The molecule has 2 heterocycles. The van der Waals surface area contributed by atoms with Crippen molar-refractivity contribution in [1.29, 1.82) is 0 Å². The van der Waals surface area contributed by atoms with Gasteiger partial charge in [0, 0.05) is 37.3 Å². The lowest BCUT2D eigenvalue weighted by molar-refractivity contribution is -0.140. The topological polar surface area (TPSA) is 62.3 Å². The maximum absolute atomic E-state index is 14.6. The Morgan fingerprint density at radius 3 is 2.72 bits per heavy atom. The fourth-order valence-corrected chi connectivity index (χ4v) is 4.47. The highest BCUT2D eigenvalue weighted by atomic mass is 19.3. The molecule has 1 aliphatic carbocycles. The lowest BCUT2D eigenvalue weighted by atomic mass is 9.69. The minimum atomic E-state index is -3.09. The van der Waals surface area contributed by atoms with Gasteiger partial charge in [-0.1, -0.05) is 12.1 Å². The molecule has 2 amide bonds. The molecule has 0 unspecified atom stereocenters. The number of hydrogen-bond donors (Lipinski definition) is 1. The van der Waals surface area contributed by atoms with Crippen molar-refractivity contribution in [2.24, 2.45) is 5.41 Å². The second-order valence-corrected chi connectivity index (χ2v) is 7.79. The van der Waals surface area contributed by atoms with Crippen molar-refractivity contribution in [3.05, 3.63) is 60.2 Å². The van der Waals surface area contributed by atoms with Gasteiger partial charge in [0.2, 0.25) is 5.91 Å². The molecule has 5 nitrogen and oxygen atoms in total. The summed E-state index contributed by atoms with van der Waals surface area (Å²) < 4.78 is 42.7. The van der Waals surface area contributed by atoms with Crippen LogP contribution in [0.3, 0.4) is 0 Å². The van der Waals surface area contributed by atoms with Crippen LogP contribution in [0.1, 0.15) is 36.2 Å². The van der Waals surface area contributed by atoms with Gasteiger partial charge in [0.25, 0.3) is 11.8 Å². The Balaban J connectivity index is 1.55. The lowest BCUT2D eigenvalue weighted by Crippen LogP contribution is -2.52. The van der Waals surface area contributed by atoms with Gasteiger partial charge < -0.3 is 10.2 Å². The van der Waals surface area contributed by atoms with Crippen molar-refractivity contribution < 1.29 is 22.8 Å². The van der Waals surface area contributed by atoms with E-state index in [2.05, 4.69) is 10.3 Å². The third-order valence-electron chi connectivity index (χ3n) is 5.64. The first-order valence-electron chi connectivity index (χ1n) is 9.45. The molecule has 152 valence electrons. The highest BCUT2D eigenvalue weighted by Gasteiger charge is 2.57. The van der Waals surface area contributed by atoms with Gasteiger partial charge >= 0.3 is 0 Å². The first-order valence-corrected chi connectivity index (χ1v) is 9.45. The minimum Gasteiger partial charge on any atom is -0.348 e. The van der Waals surface area contributed by atoms with Crippen LogP contribution in [-0.4, -0.2) is 35.3 Å². The maximum Gasteiger partial charge on any atom is 0.270 e. The third kappa shape index (κ3) is 3.83. The number of alkyl halides is 2. The number of carbonyl (C=O) groups is 2. The molecule has 1 N–H and O–H groups in total. The summed E-state index contributed by atoms with van der Waals surface area (Å²) in [5, 5.41) is 2.61. The highest BCUT2D eigenvalue weighted by molar-refractivity contribution is 6.00. The lowest BCUT2D eigenvalue weighted by Gasteiger charge is -2.41. The van der Waals surface area contributed by atoms with Crippen molar-refractivity contribution in [3.63, 3.8) is 0 Å². The van der Waals surface area contributed by atoms with Crippen molar-refractivity contribution >= 4 is 17.5 Å². The zero-order valence-corrected chi connectivity index (χ0v) is 15.6. The number of nitrogens with zero attached hydrogens (tertiary/aromatic N) is 2. The molecule has 2 aromatic rings. The number of nitrogens with one attached hydrogen (secondary N) is 1. The molecule has 1 spiro atoms. The van der Waals surface area contributed by atoms with E-state index < -0.39 is 47.9 Å². The van der Waals surface area contributed by atoms with E-state index >= 15 is 0 Å². The van der Waals surface area contributed by atoms with Crippen LogP contribution in [0.4, 0.5) is 18.9 Å². The Labute approximate surface area is 165 Å². The largest absolute Gasteiger partial charge is 0.348 e. The van der Waals surface area contributed by atoms with Crippen LogP contribution in [0.15, 0.2) is 48.7 Å². The van der Waals surface area contributed by atoms with Crippen LogP contribution in [0, 0.1) is 11.2 Å². The molecule has 8 heteroatoms. The van der Waals surface area contributed by atoms with Crippen molar-refractivity contribution in [2.45, 2.75) is 37.6 Å². The van der Waals surface area contributed by atoms with E-state index in [1.54, 1.807) is 18.2 Å². The molecule has 1 saturated carbocycles. The summed E-state index contributed by atoms with van der Waals surface area (Å²) in [4.78, 5) is 30.8. The zero-order chi connectivity index (χ0) is 20.6. The smallest absolute Gasteiger partial charge is 0.270 e. The summed E-state index contributed by atoms with van der Waals surface area (Å²) in [7, 11) is 0.